The van der Waals surface area contributed by atoms with Crippen LogP contribution in [0, 0.1) is 0 Å². The van der Waals surface area contributed by atoms with E-state index in [0.29, 0.717) is 6.61 Å². The first kappa shape index (κ1) is 8.55. The van der Waals surface area contributed by atoms with E-state index in [1.807, 2.05) is 0 Å². The summed E-state index contributed by atoms with van der Waals surface area (Å²) in [6.07, 6.45) is 5.92. The summed E-state index contributed by atoms with van der Waals surface area (Å²) in [4.78, 5) is 8.26. The van der Waals surface area contributed by atoms with Crippen LogP contribution in [0.3, 0.4) is 0 Å². The Morgan fingerprint density at radius 1 is 1.33 bits per heavy atom. The summed E-state index contributed by atoms with van der Waals surface area (Å²) in [5.74, 6) is 0. The Hall–Kier alpha value is -1.75. The molecule has 0 amide bonds. The number of hydrogen-bond donors (Lipinski definition) is 1. The van der Waals surface area contributed by atoms with E-state index in [4.69, 9.17) is 4.74 Å². The fourth-order valence-electron chi connectivity index (χ4n) is 1.75. The van der Waals surface area contributed by atoms with E-state index in [2.05, 4.69) is 20.2 Å². The van der Waals surface area contributed by atoms with Gasteiger partial charge in [0.15, 0.2) is 0 Å². The zero-order valence-electron chi connectivity index (χ0n) is 8.10. The minimum atomic E-state index is 0.609. The van der Waals surface area contributed by atoms with E-state index in [1.54, 1.807) is 18.6 Å². The van der Waals surface area contributed by atoms with E-state index in [1.165, 1.54) is 0 Å². The van der Waals surface area contributed by atoms with Crippen LogP contribution in [0.4, 0.5) is 0 Å². The van der Waals surface area contributed by atoms with Crippen LogP contribution >= 0.6 is 0 Å². The van der Waals surface area contributed by atoms with E-state index < -0.39 is 0 Å². The second-order valence-electron chi connectivity index (χ2n) is 3.42. The van der Waals surface area contributed by atoms with Gasteiger partial charge in [-0.1, -0.05) is 0 Å². The van der Waals surface area contributed by atoms with Crippen LogP contribution in [0.15, 0.2) is 18.6 Å². The summed E-state index contributed by atoms with van der Waals surface area (Å²) in [5, 5.41) is 7.29. The molecule has 0 aromatic carbocycles. The highest BCUT2D eigenvalue weighted by Crippen LogP contribution is 2.24. The van der Waals surface area contributed by atoms with Crippen molar-refractivity contribution in [1.29, 1.82) is 0 Å². The zero-order chi connectivity index (χ0) is 10.1. The average Bonchev–Trinajstić information content (AvgIpc) is 2.74. The van der Waals surface area contributed by atoms with Crippen LogP contribution in [0.5, 0.6) is 0 Å². The second kappa shape index (κ2) is 3.43. The highest BCUT2D eigenvalue weighted by atomic mass is 16.5. The highest BCUT2D eigenvalue weighted by Gasteiger charge is 2.18. The third kappa shape index (κ3) is 1.41. The van der Waals surface area contributed by atoms with Gasteiger partial charge < -0.3 is 4.74 Å². The Balaban J connectivity index is 2.09. The van der Waals surface area contributed by atoms with Crippen molar-refractivity contribution in [3.63, 3.8) is 0 Å². The molecule has 2 aromatic heterocycles. The molecule has 0 saturated heterocycles. The number of nitrogens with one attached hydrogen (secondary N) is 1. The topological polar surface area (TPSA) is 63.7 Å². The molecule has 0 fully saturated rings. The van der Waals surface area contributed by atoms with Crippen molar-refractivity contribution in [3.8, 4) is 11.4 Å². The van der Waals surface area contributed by atoms with Gasteiger partial charge in [-0.25, -0.2) is 0 Å². The maximum Gasteiger partial charge on any atom is 0.118 e. The molecule has 2 aromatic rings. The highest BCUT2D eigenvalue weighted by molar-refractivity contribution is 5.58. The number of ether oxygens (including phenoxy) is 1. The van der Waals surface area contributed by atoms with Gasteiger partial charge in [-0.2, -0.15) is 5.10 Å². The van der Waals surface area contributed by atoms with E-state index in [-0.39, 0.29) is 0 Å². The van der Waals surface area contributed by atoms with Gasteiger partial charge >= 0.3 is 0 Å². The van der Waals surface area contributed by atoms with Crippen molar-refractivity contribution in [2.24, 2.45) is 0 Å². The quantitative estimate of drug-likeness (QED) is 0.747. The van der Waals surface area contributed by atoms with Crippen molar-refractivity contribution in [1.82, 2.24) is 20.2 Å². The number of H-pyrrole nitrogens is 1. The lowest BCUT2D eigenvalue weighted by atomic mass is 10.1. The first-order chi connectivity index (χ1) is 7.45. The summed E-state index contributed by atoms with van der Waals surface area (Å²) in [5.41, 5.74) is 3.92. The molecule has 0 spiro atoms. The minimum Gasteiger partial charge on any atom is -0.376 e. The first-order valence-corrected chi connectivity index (χ1v) is 4.85. The van der Waals surface area contributed by atoms with Crippen LogP contribution in [0.25, 0.3) is 11.4 Å². The summed E-state index contributed by atoms with van der Waals surface area (Å²) in [7, 11) is 0. The molecule has 1 N–H and O–H groups in total. The van der Waals surface area contributed by atoms with Gasteiger partial charge in [-0.3, -0.25) is 15.1 Å². The van der Waals surface area contributed by atoms with Crippen molar-refractivity contribution in [3.05, 3.63) is 29.8 Å². The molecule has 76 valence electrons. The van der Waals surface area contributed by atoms with Crippen molar-refractivity contribution in [2.75, 3.05) is 6.61 Å². The predicted molar refractivity (Wildman–Crippen MR) is 53.0 cm³/mol. The zero-order valence-corrected chi connectivity index (χ0v) is 8.10. The predicted octanol–water partition coefficient (Wildman–Crippen LogP) is 0.939. The molecule has 0 atom stereocenters. The molecular formula is C10H10N4O. The summed E-state index contributed by atoms with van der Waals surface area (Å²) in [6.45, 7) is 1.37. The minimum absolute atomic E-state index is 0.609. The SMILES string of the molecule is c1cnc(-c2n[nH]c3c2COCC3)cn1. The maximum atomic E-state index is 5.41. The summed E-state index contributed by atoms with van der Waals surface area (Å²) in [6, 6.07) is 0. The lowest BCUT2D eigenvalue weighted by Crippen LogP contribution is -2.09. The standard InChI is InChI=1S/C10H10N4O/c1-4-15-6-7-8(1)13-14-10(7)9-5-11-2-3-12-9/h2-3,5H,1,4,6H2,(H,13,14). The average molecular weight is 202 g/mol. The molecule has 3 heterocycles. The molecule has 0 saturated carbocycles. The smallest absolute Gasteiger partial charge is 0.118 e. The van der Waals surface area contributed by atoms with Crippen LogP contribution in [-0.4, -0.2) is 26.8 Å². The monoisotopic (exact) mass is 202 g/mol. The van der Waals surface area contributed by atoms with Crippen LogP contribution < -0.4 is 0 Å². The Labute approximate surface area is 86.5 Å². The molecule has 5 heteroatoms. The Bertz CT molecular complexity index is 466. The van der Waals surface area contributed by atoms with Crippen LogP contribution in [0.1, 0.15) is 11.3 Å². The van der Waals surface area contributed by atoms with Crippen molar-refractivity contribution >= 4 is 0 Å². The molecule has 0 aliphatic carbocycles. The van der Waals surface area contributed by atoms with Gasteiger partial charge in [0.1, 0.15) is 11.4 Å². The number of hydrogen-bond acceptors (Lipinski definition) is 4. The molecule has 0 unspecified atom stereocenters. The molecule has 15 heavy (non-hydrogen) atoms. The van der Waals surface area contributed by atoms with Crippen LogP contribution in [0.2, 0.25) is 0 Å². The Morgan fingerprint density at radius 2 is 2.33 bits per heavy atom. The molecular weight excluding hydrogens is 192 g/mol. The van der Waals surface area contributed by atoms with Crippen molar-refractivity contribution < 1.29 is 4.74 Å². The molecule has 1 aliphatic rings. The van der Waals surface area contributed by atoms with Gasteiger partial charge in [-0.15, -0.1) is 0 Å². The third-order valence-electron chi connectivity index (χ3n) is 2.50. The van der Waals surface area contributed by atoms with E-state index in [0.717, 1.165) is 35.7 Å². The van der Waals surface area contributed by atoms with Gasteiger partial charge in [-0.05, 0) is 0 Å². The summed E-state index contributed by atoms with van der Waals surface area (Å²) >= 11 is 0. The fourth-order valence-corrected chi connectivity index (χ4v) is 1.75. The number of aromatic amines is 1. The van der Waals surface area contributed by atoms with Gasteiger partial charge in [0, 0.05) is 30.1 Å². The van der Waals surface area contributed by atoms with E-state index in [9.17, 15) is 0 Å². The lowest BCUT2D eigenvalue weighted by Gasteiger charge is -2.11. The maximum absolute atomic E-state index is 5.41. The molecule has 3 rings (SSSR count). The number of aromatic nitrogens is 4. The molecule has 5 nitrogen and oxygen atoms in total. The fraction of sp³-hybridized carbons (Fsp3) is 0.300. The second-order valence-corrected chi connectivity index (χ2v) is 3.42. The molecule has 0 bridgehead atoms. The molecule has 0 radical (unpaired) electrons. The third-order valence-corrected chi connectivity index (χ3v) is 2.50. The number of nitrogens with zero attached hydrogens (tertiary/aromatic N) is 3. The Morgan fingerprint density at radius 3 is 3.20 bits per heavy atom. The normalized spacial score (nSPS) is 14.9. The van der Waals surface area contributed by atoms with E-state index >= 15 is 0 Å². The largest absolute Gasteiger partial charge is 0.376 e. The van der Waals surface area contributed by atoms with Gasteiger partial charge in [0.25, 0.3) is 0 Å². The Kier molecular flexibility index (Phi) is 1.96. The van der Waals surface area contributed by atoms with Gasteiger partial charge in [0.2, 0.25) is 0 Å². The van der Waals surface area contributed by atoms with Gasteiger partial charge in [0.05, 0.1) is 19.4 Å². The number of fused-ring (bicyclic) bond motifs is 1. The summed E-state index contributed by atoms with van der Waals surface area (Å²) < 4.78 is 5.41. The van der Waals surface area contributed by atoms with Crippen molar-refractivity contribution in [2.45, 2.75) is 13.0 Å². The lowest BCUT2D eigenvalue weighted by molar-refractivity contribution is 0.110. The first-order valence-electron chi connectivity index (χ1n) is 4.85. The molecule has 1 aliphatic heterocycles. The van der Waals surface area contributed by atoms with Crippen LogP contribution in [-0.2, 0) is 17.8 Å². The number of rotatable bonds is 1.